The number of rotatable bonds is 3. The average molecular weight is 296 g/mol. The minimum Gasteiger partial charge on any atom is -0.454 e. The second-order valence-electron chi connectivity index (χ2n) is 5.08. The molecule has 1 amide bonds. The molecule has 22 heavy (non-hydrogen) atoms. The van der Waals surface area contributed by atoms with E-state index in [-0.39, 0.29) is 12.7 Å². The molecule has 5 nitrogen and oxygen atoms in total. The van der Waals surface area contributed by atoms with E-state index in [2.05, 4.69) is 10.5 Å². The molecule has 0 spiro atoms. The van der Waals surface area contributed by atoms with Crippen LogP contribution in [0, 0.1) is 6.92 Å². The highest BCUT2D eigenvalue weighted by Crippen LogP contribution is 2.32. The lowest BCUT2D eigenvalue weighted by molar-refractivity contribution is 0.0954. The maximum atomic E-state index is 12.1. The van der Waals surface area contributed by atoms with Crippen molar-refractivity contribution >= 4 is 11.6 Å². The summed E-state index contributed by atoms with van der Waals surface area (Å²) in [5.41, 5.74) is 5.91. The molecule has 2 aromatic rings. The van der Waals surface area contributed by atoms with Crippen molar-refractivity contribution in [3.05, 3.63) is 59.2 Å². The van der Waals surface area contributed by atoms with Gasteiger partial charge in [0.15, 0.2) is 11.5 Å². The molecule has 1 aliphatic rings. The Balaban J connectivity index is 1.73. The summed E-state index contributed by atoms with van der Waals surface area (Å²) in [6.07, 6.45) is 0. The van der Waals surface area contributed by atoms with Gasteiger partial charge >= 0.3 is 0 Å². The van der Waals surface area contributed by atoms with Gasteiger partial charge < -0.3 is 9.47 Å². The predicted molar refractivity (Wildman–Crippen MR) is 83.4 cm³/mol. The van der Waals surface area contributed by atoms with Crippen LogP contribution in [0.1, 0.15) is 28.4 Å². The number of nitrogens with one attached hydrogen (secondary N) is 1. The number of aryl methyl sites for hydroxylation is 1. The molecule has 5 heteroatoms. The summed E-state index contributed by atoms with van der Waals surface area (Å²) in [6, 6.07) is 13.0. The van der Waals surface area contributed by atoms with Crippen LogP contribution in [0.3, 0.4) is 0 Å². The van der Waals surface area contributed by atoms with Crippen molar-refractivity contribution < 1.29 is 14.3 Å². The van der Waals surface area contributed by atoms with Crippen LogP contribution in [-0.2, 0) is 0 Å². The molecule has 0 unspecified atom stereocenters. The molecule has 0 saturated heterocycles. The number of fused-ring (bicyclic) bond motifs is 1. The third-order valence-corrected chi connectivity index (χ3v) is 3.40. The monoisotopic (exact) mass is 296 g/mol. The second kappa shape index (κ2) is 5.89. The zero-order chi connectivity index (χ0) is 15.5. The summed E-state index contributed by atoms with van der Waals surface area (Å²) in [7, 11) is 0. The predicted octanol–water partition coefficient (Wildman–Crippen LogP) is 2.88. The molecular weight excluding hydrogens is 280 g/mol. The van der Waals surface area contributed by atoms with Gasteiger partial charge in [0, 0.05) is 5.56 Å². The van der Waals surface area contributed by atoms with Crippen molar-refractivity contribution in [2.24, 2.45) is 5.10 Å². The van der Waals surface area contributed by atoms with E-state index in [1.165, 1.54) is 0 Å². The maximum Gasteiger partial charge on any atom is 0.271 e. The fourth-order valence-corrected chi connectivity index (χ4v) is 2.17. The molecule has 0 saturated carbocycles. The summed E-state index contributed by atoms with van der Waals surface area (Å²) >= 11 is 0. The van der Waals surface area contributed by atoms with E-state index in [0.717, 1.165) is 16.8 Å². The van der Waals surface area contributed by atoms with Gasteiger partial charge in [0.05, 0.1) is 5.71 Å². The Morgan fingerprint density at radius 3 is 2.73 bits per heavy atom. The molecule has 0 aromatic heterocycles. The Kier molecular flexibility index (Phi) is 3.78. The first kappa shape index (κ1) is 14.1. The number of amides is 1. The van der Waals surface area contributed by atoms with Crippen LogP contribution in [0.15, 0.2) is 47.6 Å². The van der Waals surface area contributed by atoms with Gasteiger partial charge in [-0.15, -0.1) is 0 Å². The molecule has 0 bridgehead atoms. The summed E-state index contributed by atoms with van der Waals surface area (Å²) in [6.45, 7) is 4.06. The Labute approximate surface area is 128 Å². The van der Waals surface area contributed by atoms with Crippen molar-refractivity contribution in [3.63, 3.8) is 0 Å². The highest BCUT2D eigenvalue weighted by atomic mass is 16.7. The topological polar surface area (TPSA) is 59.9 Å². The molecule has 112 valence electrons. The number of nitrogens with zero attached hydrogens (tertiary/aromatic N) is 1. The van der Waals surface area contributed by atoms with Gasteiger partial charge in [-0.3, -0.25) is 4.79 Å². The highest BCUT2D eigenvalue weighted by molar-refractivity contribution is 6.01. The minimum atomic E-state index is -0.287. The Hall–Kier alpha value is -2.82. The lowest BCUT2D eigenvalue weighted by Gasteiger charge is -2.04. The van der Waals surface area contributed by atoms with Gasteiger partial charge in [-0.05, 0) is 37.6 Å². The van der Waals surface area contributed by atoms with E-state index < -0.39 is 0 Å². The average Bonchev–Trinajstić information content (AvgIpc) is 2.99. The van der Waals surface area contributed by atoms with Gasteiger partial charge in [-0.25, -0.2) is 5.43 Å². The summed E-state index contributed by atoms with van der Waals surface area (Å²) < 4.78 is 10.5. The van der Waals surface area contributed by atoms with Crippen LogP contribution < -0.4 is 14.9 Å². The van der Waals surface area contributed by atoms with Crippen molar-refractivity contribution in [2.45, 2.75) is 13.8 Å². The lowest BCUT2D eigenvalue weighted by atomic mass is 10.1. The number of carbonyl (C=O) groups is 1. The zero-order valence-corrected chi connectivity index (χ0v) is 12.4. The van der Waals surface area contributed by atoms with Crippen molar-refractivity contribution in [1.82, 2.24) is 5.43 Å². The molecule has 1 heterocycles. The lowest BCUT2D eigenvalue weighted by Crippen LogP contribution is -2.19. The summed E-state index contributed by atoms with van der Waals surface area (Å²) in [5.74, 6) is 0.938. The normalized spacial score (nSPS) is 13.1. The minimum absolute atomic E-state index is 0.186. The molecule has 1 N–H and O–H groups in total. The molecule has 0 fully saturated rings. The largest absolute Gasteiger partial charge is 0.454 e. The van der Waals surface area contributed by atoms with Crippen LogP contribution in [0.25, 0.3) is 0 Å². The fourth-order valence-electron chi connectivity index (χ4n) is 2.17. The maximum absolute atomic E-state index is 12.1. The van der Waals surface area contributed by atoms with Gasteiger partial charge in [0.25, 0.3) is 5.91 Å². The summed E-state index contributed by atoms with van der Waals surface area (Å²) in [4.78, 5) is 12.1. The third kappa shape index (κ3) is 2.93. The van der Waals surface area contributed by atoms with E-state index in [9.17, 15) is 4.79 Å². The number of hydrogen-bond donors (Lipinski definition) is 1. The third-order valence-electron chi connectivity index (χ3n) is 3.40. The first-order chi connectivity index (χ1) is 10.6. The van der Waals surface area contributed by atoms with E-state index in [0.29, 0.717) is 17.1 Å². The molecule has 0 atom stereocenters. The number of hydrogen-bond acceptors (Lipinski definition) is 4. The van der Waals surface area contributed by atoms with Crippen LogP contribution in [0.5, 0.6) is 11.5 Å². The fraction of sp³-hybridized carbons (Fsp3) is 0.176. The summed E-state index contributed by atoms with van der Waals surface area (Å²) in [5, 5.41) is 4.15. The molecular formula is C17H16N2O3. The molecule has 3 rings (SSSR count). The van der Waals surface area contributed by atoms with Gasteiger partial charge in [0.2, 0.25) is 6.79 Å². The smallest absolute Gasteiger partial charge is 0.271 e. The van der Waals surface area contributed by atoms with E-state index in [1.54, 1.807) is 18.2 Å². The number of carbonyl (C=O) groups excluding carboxylic acids is 1. The first-order valence-electron chi connectivity index (χ1n) is 6.95. The molecule has 0 radical (unpaired) electrons. The SMILES string of the molecule is C/C(=N\NC(=O)c1ccc2c(c1)OCO2)c1cccc(C)c1. The van der Waals surface area contributed by atoms with Crippen molar-refractivity contribution in [1.29, 1.82) is 0 Å². The van der Waals surface area contributed by atoms with Crippen molar-refractivity contribution in [3.8, 4) is 11.5 Å². The number of benzene rings is 2. The van der Waals surface area contributed by atoms with E-state index >= 15 is 0 Å². The second-order valence-corrected chi connectivity index (χ2v) is 5.08. The molecule has 2 aromatic carbocycles. The van der Waals surface area contributed by atoms with Crippen LogP contribution >= 0.6 is 0 Å². The molecule has 1 aliphatic heterocycles. The Morgan fingerprint density at radius 2 is 1.91 bits per heavy atom. The van der Waals surface area contributed by atoms with Crippen LogP contribution in [0.2, 0.25) is 0 Å². The van der Waals surface area contributed by atoms with E-state index in [1.807, 2.05) is 38.1 Å². The van der Waals surface area contributed by atoms with Gasteiger partial charge in [-0.2, -0.15) is 5.10 Å². The Morgan fingerprint density at radius 1 is 1.09 bits per heavy atom. The number of ether oxygens (including phenoxy) is 2. The standard InChI is InChI=1S/C17H16N2O3/c1-11-4-3-5-13(8-11)12(2)18-19-17(20)14-6-7-15-16(9-14)22-10-21-15/h3-9H,10H2,1-2H3,(H,19,20)/b18-12+. The van der Waals surface area contributed by atoms with E-state index in [4.69, 9.17) is 9.47 Å². The highest BCUT2D eigenvalue weighted by Gasteiger charge is 2.16. The van der Waals surface area contributed by atoms with Crippen LogP contribution in [0.4, 0.5) is 0 Å². The Bertz CT molecular complexity index is 753. The van der Waals surface area contributed by atoms with Gasteiger partial charge in [0.1, 0.15) is 0 Å². The van der Waals surface area contributed by atoms with Crippen LogP contribution in [-0.4, -0.2) is 18.4 Å². The first-order valence-corrected chi connectivity index (χ1v) is 6.95. The zero-order valence-electron chi connectivity index (χ0n) is 12.4. The molecule has 0 aliphatic carbocycles. The number of hydrazone groups is 1. The van der Waals surface area contributed by atoms with Gasteiger partial charge in [-0.1, -0.05) is 29.8 Å². The van der Waals surface area contributed by atoms with Crippen molar-refractivity contribution in [2.75, 3.05) is 6.79 Å². The quantitative estimate of drug-likeness (QED) is 0.700.